The van der Waals surface area contributed by atoms with Crippen LogP contribution in [0.2, 0.25) is 0 Å². The number of hydrogen-bond donors (Lipinski definition) is 2. The van der Waals surface area contributed by atoms with Crippen LogP contribution in [0.15, 0.2) is 0 Å². The third kappa shape index (κ3) is 5.43. The molecule has 13 heavy (non-hydrogen) atoms. The average Bonchev–Trinajstić information content (AvgIpc) is 2.10. The topological polar surface area (TPSA) is 61.8 Å². The molecule has 0 aliphatic carbocycles. The summed E-state index contributed by atoms with van der Waals surface area (Å²) in [5.74, 6) is 0. The van der Waals surface area contributed by atoms with Crippen LogP contribution in [0.4, 0.5) is 4.79 Å². The SMILES string of the molecule is CCC(NC(=O)OCCO)N(C)C. The van der Waals surface area contributed by atoms with E-state index >= 15 is 0 Å². The first kappa shape index (κ1) is 12.2. The fourth-order valence-electron chi connectivity index (χ4n) is 0.912. The van der Waals surface area contributed by atoms with Crippen molar-refractivity contribution in [1.29, 1.82) is 0 Å². The van der Waals surface area contributed by atoms with Crippen LogP contribution in [-0.4, -0.2) is 49.6 Å². The van der Waals surface area contributed by atoms with Gasteiger partial charge >= 0.3 is 6.09 Å². The maximum atomic E-state index is 11.0. The van der Waals surface area contributed by atoms with E-state index in [-0.39, 0.29) is 19.4 Å². The van der Waals surface area contributed by atoms with Crippen LogP contribution in [0.25, 0.3) is 0 Å². The highest BCUT2D eigenvalue weighted by Gasteiger charge is 2.12. The number of aliphatic hydroxyl groups is 1. The Morgan fingerprint density at radius 2 is 2.23 bits per heavy atom. The van der Waals surface area contributed by atoms with Crippen molar-refractivity contribution in [3.63, 3.8) is 0 Å². The highest BCUT2D eigenvalue weighted by Crippen LogP contribution is 1.94. The predicted molar refractivity (Wildman–Crippen MR) is 49.3 cm³/mol. The molecular weight excluding hydrogens is 172 g/mol. The number of carbonyl (C=O) groups is 1. The number of amides is 1. The van der Waals surface area contributed by atoms with Gasteiger partial charge in [-0.15, -0.1) is 0 Å². The third-order valence-corrected chi connectivity index (χ3v) is 1.62. The van der Waals surface area contributed by atoms with E-state index in [0.717, 1.165) is 6.42 Å². The molecular formula is C8H18N2O3. The van der Waals surface area contributed by atoms with Gasteiger partial charge in [0.1, 0.15) is 6.61 Å². The van der Waals surface area contributed by atoms with E-state index in [9.17, 15) is 4.79 Å². The average molecular weight is 190 g/mol. The Morgan fingerprint density at radius 1 is 1.62 bits per heavy atom. The first-order valence-corrected chi connectivity index (χ1v) is 4.32. The van der Waals surface area contributed by atoms with Crippen LogP contribution in [0.1, 0.15) is 13.3 Å². The zero-order chi connectivity index (χ0) is 10.3. The van der Waals surface area contributed by atoms with Crippen molar-refractivity contribution in [2.24, 2.45) is 0 Å². The Hall–Kier alpha value is -0.810. The molecule has 0 radical (unpaired) electrons. The van der Waals surface area contributed by atoms with Gasteiger partial charge in [0.05, 0.1) is 12.8 Å². The molecule has 0 aliphatic rings. The predicted octanol–water partition coefficient (Wildman–Crippen LogP) is 0.00260. The number of nitrogens with zero attached hydrogens (tertiary/aromatic N) is 1. The van der Waals surface area contributed by atoms with E-state index in [2.05, 4.69) is 10.1 Å². The van der Waals surface area contributed by atoms with Crippen LogP contribution in [0, 0.1) is 0 Å². The first-order chi connectivity index (χ1) is 6.11. The number of alkyl carbamates (subject to hydrolysis) is 1. The smallest absolute Gasteiger partial charge is 0.408 e. The quantitative estimate of drug-likeness (QED) is 0.599. The summed E-state index contributed by atoms with van der Waals surface area (Å²) in [6.07, 6.45) is 0.294. The normalized spacial score (nSPS) is 12.7. The van der Waals surface area contributed by atoms with Crippen molar-refractivity contribution in [1.82, 2.24) is 10.2 Å². The molecule has 0 heterocycles. The fourth-order valence-corrected chi connectivity index (χ4v) is 0.912. The number of ether oxygens (including phenoxy) is 1. The minimum Gasteiger partial charge on any atom is -0.447 e. The van der Waals surface area contributed by atoms with E-state index in [4.69, 9.17) is 5.11 Å². The standard InChI is InChI=1S/C8H18N2O3/c1-4-7(10(2)3)9-8(12)13-6-5-11/h7,11H,4-6H2,1-3H3,(H,9,12). The van der Waals surface area contributed by atoms with Gasteiger partial charge in [-0.05, 0) is 20.5 Å². The molecule has 0 saturated heterocycles. The molecule has 0 aliphatic heterocycles. The highest BCUT2D eigenvalue weighted by atomic mass is 16.6. The fraction of sp³-hybridized carbons (Fsp3) is 0.875. The Kier molecular flexibility index (Phi) is 6.26. The van der Waals surface area contributed by atoms with Gasteiger partial charge in [0, 0.05) is 0 Å². The largest absolute Gasteiger partial charge is 0.447 e. The van der Waals surface area contributed by atoms with Gasteiger partial charge in [-0.3, -0.25) is 4.90 Å². The maximum absolute atomic E-state index is 11.0. The lowest BCUT2D eigenvalue weighted by molar-refractivity contribution is 0.106. The van der Waals surface area contributed by atoms with Gasteiger partial charge in [0.15, 0.2) is 0 Å². The minimum atomic E-state index is -0.491. The van der Waals surface area contributed by atoms with Gasteiger partial charge in [-0.1, -0.05) is 6.92 Å². The Bertz CT molecular complexity index is 150. The lowest BCUT2D eigenvalue weighted by Gasteiger charge is -2.23. The Morgan fingerprint density at radius 3 is 2.62 bits per heavy atom. The molecule has 1 atom stereocenters. The number of hydrogen-bond acceptors (Lipinski definition) is 4. The molecule has 1 amide bonds. The van der Waals surface area contributed by atoms with Crippen molar-refractivity contribution < 1.29 is 14.6 Å². The second-order valence-electron chi connectivity index (χ2n) is 2.89. The Balaban J connectivity index is 3.73. The Labute approximate surface area is 78.7 Å². The lowest BCUT2D eigenvalue weighted by Crippen LogP contribution is -2.44. The van der Waals surface area contributed by atoms with Crippen molar-refractivity contribution >= 4 is 6.09 Å². The molecule has 0 spiro atoms. The molecule has 0 rings (SSSR count). The second-order valence-corrected chi connectivity index (χ2v) is 2.89. The van der Waals surface area contributed by atoms with Crippen molar-refractivity contribution in [2.45, 2.75) is 19.5 Å². The number of aliphatic hydroxyl groups excluding tert-OH is 1. The molecule has 0 fully saturated rings. The molecule has 0 aromatic rings. The van der Waals surface area contributed by atoms with E-state index in [1.807, 2.05) is 25.9 Å². The number of nitrogens with one attached hydrogen (secondary N) is 1. The molecule has 0 aromatic carbocycles. The number of rotatable bonds is 5. The van der Waals surface area contributed by atoms with Crippen molar-refractivity contribution in [3.05, 3.63) is 0 Å². The molecule has 2 N–H and O–H groups in total. The minimum absolute atomic E-state index is 0.0220. The highest BCUT2D eigenvalue weighted by molar-refractivity contribution is 5.67. The molecule has 0 bridgehead atoms. The summed E-state index contributed by atoms with van der Waals surface area (Å²) in [4.78, 5) is 12.9. The molecule has 0 saturated carbocycles. The van der Waals surface area contributed by atoms with E-state index in [1.54, 1.807) is 0 Å². The van der Waals surface area contributed by atoms with E-state index in [1.165, 1.54) is 0 Å². The van der Waals surface area contributed by atoms with Gasteiger partial charge < -0.3 is 15.2 Å². The van der Waals surface area contributed by atoms with Crippen molar-refractivity contribution in [3.8, 4) is 0 Å². The summed E-state index contributed by atoms with van der Waals surface area (Å²) in [6.45, 7) is 1.86. The maximum Gasteiger partial charge on any atom is 0.408 e. The molecule has 1 unspecified atom stereocenters. The first-order valence-electron chi connectivity index (χ1n) is 4.32. The van der Waals surface area contributed by atoms with Crippen molar-refractivity contribution in [2.75, 3.05) is 27.3 Å². The monoisotopic (exact) mass is 190 g/mol. The van der Waals surface area contributed by atoms with Gasteiger partial charge in [-0.2, -0.15) is 0 Å². The number of carbonyl (C=O) groups excluding carboxylic acids is 1. The summed E-state index contributed by atoms with van der Waals surface area (Å²) < 4.78 is 4.65. The van der Waals surface area contributed by atoms with Crippen LogP contribution < -0.4 is 5.32 Å². The van der Waals surface area contributed by atoms with Crippen LogP contribution in [-0.2, 0) is 4.74 Å². The summed E-state index contributed by atoms with van der Waals surface area (Å²) in [5, 5.41) is 11.1. The second kappa shape index (κ2) is 6.68. The van der Waals surface area contributed by atoms with Crippen LogP contribution in [0.5, 0.6) is 0 Å². The molecule has 0 aromatic heterocycles. The lowest BCUT2D eigenvalue weighted by atomic mass is 10.3. The summed E-state index contributed by atoms with van der Waals surface area (Å²) in [5.41, 5.74) is 0. The summed E-state index contributed by atoms with van der Waals surface area (Å²) in [7, 11) is 3.75. The third-order valence-electron chi connectivity index (χ3n) is 1.62. The molecule has 78 valence electrons. The van der Waals surface area contributed by atoms with E-state index in [0.29, 0.717) is 0 Å². The van der Waals surface area contributed by atoms with Crippen LogP contribution >= 0.6 is 0 Å². The van der Waals surface area contributed by atoms with Gasteiger partial charge in [0.2, 0.25) is 0 Å². The zero-order valence-corrected chi connectivity index (χ0v) is 8.41. The van der Waals surface area contributed by atoms with Gasteiger partial charge in [0.25, 0.3) is 0 Å². The zero-order valence-electron chi connectivity index (χ0n) is 8.41. The molecule has 5 nitrogen and oxygen atoms in total. The van der Waals surface area contributed by atoms with Gasteiger partial charge in [-0.25, -0.2) is 4.79 Å². The van der Waals surface area contributed by atoms with E-state index < -0.39 is 6.09 Å². The van der Waals surface area contributed by atoms with Crippen LogP contribution in [0.3, 0.4) is 0 Å². The summed E-state index contributed by atoms with van der Waals surface area (Å²) >= 11 is 0. The molecule has 5 heteroatoms. The summed E-state index contributed by atoms with van der Waals surface area (Å²) in [6, 6.07) is 0.